The van der Waals surface area contributed by atoms with Crippen LogP contribution in [-0.2, 0) is 6.54 Å². The van der Waals surface area contributed by atoms with Crippen molar-refractivity contribution in [2.45, 2.75) is 70.9 Å². The molecule has 30 heavy (non-hydrogen) atoms. The van der Waals surface area contributed by atoms with Crippen LogP contribution in [0.5, 0.6) is 0 Å². The standard InChI is InChI=1S/C26H33N3O/c1-2-3-12-19-28(26(30)21-13-6-4-7-14-21)20-25-27-23-17-10-11-18-24(23)29(25)22-15-8-5-9-16-22/h4,6-7,10-11,13-14,17-18,22H,2-3,5,8-9,12,15-16,19-20H2,1H3. The highest BCUT2D eigenvalue weighted by atomic mass is 16.2. The molecule has 1 aliphatic rings. The van der Waals surface area contributed by atoms with Crippen LogP contribution in [0.2, 0.25) is 0 Å². The lowest BCUT2D eigenvalue weighted by Crippen LogP contribution is -2.33. The molecule has 1 saturated carbocycles. The Bertz CT molecular complexity index is 957. The van der Waals surface area contributed by atoms with Gasteiger partial charge >= 0.3 is 0 Å². The van der Waals surface area contributed by atoms with Crippen molar-refractivity contribution in [1.29, 1.82) is 0 Å². The smallest absolute Gasteiger partial charge is 0.254 e. The van der Waals surface area contributed by atoms with Crippen LogP contribution in [-0.4, -0.2) is 26.9 Å². The second-order valence-corrected chi connectivity index (χ2v) is 8.48. The first kappa shape index (κ1) is 20.6. The lowest BCUT2D eigenvalue weighted by Gasteiger charge is -2.28. The summed E-state index contributed by atoms with van der Waals surface area (Å²) in [6.07, 6.45) is 9.60. The van der Waals surface area contributed by atoms with Crippen LogP contribution in [0.15, 0.2) is 54.6 Å². The van der Waals surface area contributed by atoms with Gasteiger partial charge in [-0.25, -0.2) is 4.98 Å². The summed E-state index contributed by atoms with van der Waals surface area (Å²) in [5, 5.41) is 0. The summed E-state index contributed by atoms with van der Waals surface area (Å²) in [7, 11) is 0. The Morgan fingerprint density at radius 2 is 1.73 bits per heavy atom. The van der Waals surface area contributed by atoms with Gasteiger partial charge in [0.05, 0.1) is 17.6 Å². The molecule has 0 N–H and O–H groups in total. The first-order valence-electron chi connectivity index (χ1n) is 11.6. The fourth-order valence-electron chi connectivity index (χ4n) is 4.69. The molecule has 3 aromatic rings. The normalized spacial score (nSPS) is 14.8. The van der Waals surface area contributed by atoms with Gasteiger partial charge in [0.2, 0.25) is 0 Å². The Labute approximate surface area is 179 Å². The van der Waals surface area contributed by atoms with E-state index in [4.69, 9.17) is 4.98 Å². The van der Waals surface area contributed by atoms with Gasteiger partial charge in [0, 0.05) is 18.2 Å². The SMILES string of the molecule is CCCCCN(Cc1nc2ccccc2n1C1CCCCC1)C(=O)c1ccccc1. The van der Waals surface area contributed by atoms with Gasteiger partial charge in [-0.15, -0.1) is 0 Å². The average Bonchev–Trinajstić information content (AvgIpc) is 3.17. The van der Waals surface area contributed by atoms with E-state index in [0.29, 0.717) is 12.6 Å². The molecule has 1 aliphatic carbocycles. The van der Waals surface area contributed by atoms with Crippen molar-refractivity contribution in [2.24, 2.45) is 0 Å². The minimum absolute atomic E-state index is 0.106. The topological polar surface area (TPSA) is 38.1 Å². The molecule has 0 atom stereocenters. The van der Waals surface area contributed by atoms with E-state index in [1.165, 1.54) is 37.6 Å². The summed E-state index contributed by atoms with van der Waals surface area (Å²) in [4.78, 5) is 20.3. The third kappa shape index (κ3) is 4.58. The van der Waals surface area contributed by atoms with E-state index in [-0.39, 0.29) is 5.91 Å². The summed E-state index contributed by atoms with van der Waals surface area (Å²) in [5.41, 5.74) is 3.01. The summed E-state index contributed by atoms with van der Waals surface area (Å²) in [6, 6.07) is 18.6. The molecule has 0 spiro atoms. The van der Waals surface area contributed by atoms with Crippen LogP contribution in [0.3, 0.4) is 0 Å². The molecule has 1 aromatic heterocycles. The molecule has 4 heteroatoms. The number of rotatable bonds is 8. The molecule has 0 radical (unpaired) electrons. The number of carbonyl (C=O) groups is 1. The monoisotopic (exact) mass is 403 g/mol. The number of para-hydroxylation sites is 2. The summed E-state index contributed by atoms with van der Waals surface area (Å²) in [6.45, 7) is 3.55. The molecule has 158 valence electrons. The maximum absolute atomic E-state index is 13.3. The van der Waals surface area contributed by atoms with Gasteiger partial charge < -0.3 is 9.47 Å². The van der Waals surface area contributed by atoms with Crippen molar-refractivity contribution in [1.82, 2.24) is 14.5 Å². The minimum Gasteiger partial charge on any atom is -0.331 e. The van der Waals surface area contributed by atoms with E-state index in [1.807, 2.05) is 35.2 Å². The molecule has 0 aliphatic heterocycles. The minimum atomic E-state index is 0.106. The maximum atomic E-state index is 13.3. The van der Waals surface area contributed by atoms with Gasteiger partial charge in [0.25, 0.3) is 5.91 Å². The van der Waals surface area contributed by atoms with E-state index in [2.05, 4.69) is 35.8 Å². The van der Waals surface area contributed by atoms with Crippen molar-refractivity contribution >= 4 is 16.9 Å². The largest absolute Gasteiger partial charge is 0.331 e. The molecule has 0 bridgehead atoms. The number of hydrogen-bond donors (Lipinski definition) is 0. The van der Waals surface area contributed by atoms with E-state index < -0.39 is 0 Å². The van der Waals surface area contributed by atoms with Crippen LogP contribution in [0.4, 0.5) is 0 Å². The predicted octanol–water partition coefficient (Wildman–Crippen LogP) is 6.37. The third-order valence-corrected chi connectivity index (χ3v) is 6.28. The highest BCUT2D eigenvalue weighted by Gasteiger charge is 2.24. The second-order valence-electron chi connectivity index (χ2n) is 8.48. The molecule has 4 nitrogen and oxygen atoms in total. The maximum Gasteiger partial charge on any atom is 0.254 e. The summed E-state index contributed by atoms with van der Waals surface area (Å²) in [5.74, 6) is 1.14. The van der Waals surface area contributed by atoms with Crippen molar-refractivity contribution in [3.8, 4) is 0 Å². The lowest BCUT2D eigenvalue weighted by molar-refractivity contribution is 0.0732. The number of imidazole rings is 1. The zero-order valence-corrected chi connectivity index (χ0v) is 18.1. The summed E-state index contributed by atoms with van der Waals surface area (Å²) >= 11 is 0. The van der Waals surface area contributed by atoms with Gasteiger partial charge in [0.15, 0.2) is 0 Å². The number of unbranched alkanes of at least 4 members (excludes halogenated alkanes) is 2. The van der Waals surface area contributed by atoms with Crippen LogP contribution in [0.25, 0.3) is 11.0 Å². The van der Waals surface area contributed by atoms with E-state index in [0.717, 1.165) is 42.7 Å². The fraction of sp³-hybridized carbons (Fsp3) is 0.462. The molecular weight excluding hydrogens is 370 g/mol. The average molecular weight is 404 g/mol. The summed E-state index contributed by atoms with van der Waals surface area (Å²) < 4.78 is 2.44. The number of aromatic nitrogens is 2. The van der Waals surface area contributed by atoms with Gasteiger partial charge in [-0.05, 0) is 43.5 Å². The molecule has 1 fully saturated rings. The van der Waals surface area contributed by atoms with Crippen molar-refractivity contribution in [2.75, 3.05) is 6.54 Å². The first-order valence-corrected chi connectivity index (χ1v) is 11.6. The second kappa shape index (κ2) is 9.92. The van der Waals surface area contributed by atoms with E-state index >= 15 is 0 Å². The predicted molar refractivity (Wildman–Crippen MR) is 123 cm³/mol. The number of amides is 1. The van der Waals surface area contributed by atoms with Crippen LogP contribution < -0.4 is 0 Å². The van der Waals surface area contributed by atoms with Crippen LogP contribution >= 0.6 is 0 Å². The Kier molecular flexibility index (Phi) is 6.83. The van der Waals surface area contributed by atoms with Crippen molar-refractivity contribution in [3.63, 3.8) is 0 Å². The zero-order chi connectivity index (χ0) is 20.8. The van der Waals surface area contributed by atoms with Crippen molar-refractivity contribution < 1.29 is 4.79 Å². The highest BCUT2D eigenvalue weighted by molar-refractivity contribution is 5.94. The third-order valence-electron chi connectivity index (χ3n) is 6.28. The number of fused-ring (bicyclic) bond motifs is 1. The fourth-order valence-corrected chi connectivity index (χ4v) is 4.69. The number of nitrogens with zero attached hydrogens (tertiary/aromatic N) is 3. The van der Waals surface area contributed by atoms with Gasteiger partial charge in [-0.3, -0.25) is 4.79 Å². The molecule has 4 rings (SSSR count). The quantitative estimate of drug-likeness (QED) is 0.410. The number of hydrogen-bond acceptors (Lipinski definition) is 2. The highest BCUT2D eigenvalue weighted by Crippen LogP contribution is 2.33. The van der Waals surface area contributed by atoms with E-state index in [9.17, 15) is 4.79 Å². The van der Waals surface area contributed by atoms with Crippen LogP contribution in [0, 0.1) is 0 Å². The molecule has 2 aromatic carbocycles. The van der Waals surface area contributed by atoms with Crippen molar-refractivity contribution in [3.05, 3.63) is 66.0 Å². The Morgan fingerprint density at radius 1 is 1.00 bits per heavy atom. The number of benzene rings is 2. The molecule has 1 heterocycles. The zero-order valence-electron chi connectivity index (χ0n) is 18.1. The molecule has 0 saturated heterocycles. The number of carbonyl (C=O) groups excluding carboxylic acids is 1. The van der Waals surface area contributed by atoms with Crippen LogP contribution in [0.1, 0.15) is 80.5 Å². The Balaban J connectivity index is 1.67. The molecule has 1 amide bonds. The van der Waals surface area contributed by atoms with Gasteiger partial charge in [-0.1, -0.05) is 69.4 Å². The first-order chi connectivity index (χ1) is 14.8. The molecule has 0 unspecified atom stereocenters. The molecular formula is C26H33N3O. The Morgan fingerprint density at radius 3 is 2.50 bits per heavy atom. The Hall–Kier alpha value is -2.62. The lowest BCUT2D eigenvalue weighted by atomic mass is 9.95. The van der Waals surface area contributed by atoms with Gasteiger partial charge in [0.1, 0.15) is 5.82 Å². The van der Waals surface area contributed by atoms with Gasteiger partial charge in [-0.2, -0.15) is 0 Å². The van der Waals surface area contributed by atoms with E-state index in [1.54, 1.807) is 0 Å².